The zero-order chi connectivity index (χ0) is 24.9. The minimum atomic E-state index is -0.656. The van der Waals surface area contributed by atoms with Crippen LogP contribution in [0.25, 0.3) is 11.3 Å². The maximum absolute atomic E-state index is 12.9. The van der Waals surface area contributed by atoms with Gasteiger partial charge in [-0.1, -0.05) is 31.4 Å². The lowest BCUT2D eigenvalue weighted by Gasteiger charge is -2.31. The topological polar surface area (TPSA) is 78.8 Å². The monoisotopic (exact) mass is 490 g/mol. The van der Waals surface area contributed by atoms with Crippen molar-refractivity contribution >= 4 is 23.4 Å². The van der Waals surface area contributed by atoms with Gasteiger partial charge in [-0.05, 0) is 51.3 Å². The molecule has 1 unspecified atom stereocenters. The first-order valence-electron chi connectivity index (χ1n) is 11.8. The molecule has 1 N–H and O–H groups in total. The molecule has 1 aromatic heterocycles. The zero-order valence-corrected chi connectivity index (χ0v) is 21.5. The van der Waals surface area contributed by atoms with Crippen molar-refractivity contribution in [3.8, 4) is 17.0 Å². The van der Waals surface area contributed by atoms with Crippen molar-refractivity contribution in [1.82, 2.24) is 4.57 Å². The molecule has 186 valence electrons. The van der Waals surface area contributed by atoms with Crippen LogP contribution in [0.5, 0.6) is 5.75 Å². The lowest BCUT2D eigenvalue weighted by Crippen LogP contribution is -2.30. The zero-order valence-electron chi connectivity index (χ0n) is 20.7. The largest absolute Gasteiger partial charge is 0.492 e. The van der Waals surface area contributed by atoms with Crippen molar-refractivity contribution in [3.63, 3.8) is 0 Å². The van der Waals surface area contributed by atoms with Gasteiger partial charge in [-0.25, -0.2) is 4.79 Å². The van der Waals surface area contributed by atoms with Crippen LogP contribution in [0.3, 0.4) is 0 Å². The molecule has 1 aromatic carbocycles. The first-order chi connectivity index (χ1) is 16.1. The Bertz CT molecular complexity index is 1070. The number of carbonyl (C=O) groups excluding carboxylic acids is 1. The number of unbranched alkanes of at least 4 members (excludes halogenated alkanes) is 1. The van der Waals surface area contributed by atoms with Gasteiger partial charge < -0.3 is 18.8 Å². The number of hydrogen-bond acceptors (Lipinski definition) is 5. The molecule has 1 amide bonds. The molecule has 2 aromatic rings. The molecule has 3 rings (SSSR count). The molecule has 8 heteroatoms. The number of carbonyl (C=O) groups is 1. The van der Waals surface area contributed by atoms with E-state index in [1.807, 2.05) is 12.1 Å². The normalized spacial score (nSPS) is 14.8. The summed E-state index contributed by atoms with van der Waals surface area (Å²) in [6.07, 6.45) is 5.70. The fourth-order valence-electron chi connectivity index (χ4n) is 4.11. The van der Waals surface area contributed by atoms with Gasteiger partial charge in [0, 0.05) is 44.0 Å². The fraction of sp³-hybridized carbons (Fsp3) is 0.538. The molecule has 7 nitrogen and oxygen atoms in total. The van der Waals surface area contributed by atoms with Crippen LogP contribution in [0.15, 0.2) is 29.2 Å². The molecule has 1 atom stereocenters. The van der Waals surface area contributed by atoms with Crippen molar-refractivity contribution in [3.05, 3.63) is 45.2 Å². The Kier molecular flexibility index (Phi) is 8.66. The molecule has 0 bridgehead atoms. The Morgan fingerprint density at radius 1 is 1.21 bits per heavy atom. The van der Waals surface area contributed by atoms with Gasteiger partial charge in [0.1, 0.15) is 17.0 Å². The van der Waals surface area contributed by atoms with E-state index in [1.165, 1.54) is 0 Å². The van der Waals surface area contributed by atoms with Crippen LogP contribution in [-0.4, -0.2) is 36.6 Å². The van der Waals surface area contributed by atoms with Crippen molar-refractivity contribution < 1.29 is 19.0 Å². The third kappa shape index (κ3) is 6.54. The Morgan fingerprint density at radius 3 is 2.65 bits per heavy atom. The van der Waals surface area contributed by atoms with Crippen molar-refractivity contribution in [2.75, 3.05) is 25.6 Å². The fourth-order valence-corrected chi connectivity index (χ4v) is 4.33. The van der Waals surface area contributed by atoms with Gasteiger partial charge in [-0.2, -0.15) is 0 Å². The van der Waals surface area contributed by atoms with Crippen LogP contribution in [0.2, 0.25) is 5.02 Å². The highest BCUT2D eigenvalue weighted by atomic mass is 35.5. The summed E-state index contributed by atoms with van der Waals surface area (Å²) in [6, 6.07) is 5.57. The highest BCUT2D eigenvalue weighted by molar-refractivity contribution is 6.32. The summed E-state index contributed by atoms with van der Waals surface area (Å²) in [5.41, 5.74) is 2.05. The number of halogens is 1. The van der Waals surface area contributed by atoms with Crippen molar-refractivity contribution in [1.29, 1.82) is 0 Å². The van der Waals surface area contributed by atoms with Gasteiger partial charge in [-0.15, -0.1) is 0 Å². The van der Waals surface area contributed by atoms with E-state index in [9.17, 15) is 9.59 Å². The molecule has 0 aliphatic carbocycles. The maximum Gasteiger partial charge on any atom is 0.412 e. The van der Waals surface area contributed by atoms with E-state index in [2.05, 4.69) is 16.8 Å². The number of pyridine rings is 1. The maximum atomic E-state index is 12.9. The second kappa shape index (κ2) is 11.3. The summed E-state index contributed by atoms with van der Waals surface area (Å²) in [6.45, 7) is 8.64. The average Bonchev–Trinajstić information content (AvgIpc) is 2.75. The minimum absolute atomic E-state index is 0.143. The van der Waals surface area contributed by atoms with Crippen LogP contribution in [0, 0.1) is 0 Å². The summed E-state index contributed by atoms with van der Waals surface area (Å²) in [5, 5.41) is 3.12. The predicted molar refractivity (Wildman–Crippen MR) is 135 cm³/mol. The van der Waals surface area contributed by atoms with Gasteiger partial charge in [0.25, 0.3) is 0 Å². The first kappa shape index (κ1) is 26.1. The van der Waals surface area contributed by atoms with Gasteiger partial charge in [-0.3, -0.25) is 10.1 Å². The standard InChI is InChI=1S/C26H35ClN2O5/c1-6-7-9-18-12-17-13-24(33-11-8-10-32-5)20(27)14-19(17)22-15-23(30)21(16-29(18)22)28-25(31)34-26(2,3)4/h13-16,18H,6-12H2,1-5H3,(H,28,31). The van der Waals surface area contributed by atoms with Gasteiger partial charge in [0.15, 0.2) is 0 Å². The Morgan fingerprint density at radius 2 is 1.97 bits per heavy atom. The smallest absolute Gasteiger partial charge is 0.412 e. The number of fused-ring (bicyclic) bond motifs is 3. The molecule has 1 aliphatic heterocycles. The number of methoxy groups -OCH3 is 1. The molecule has 0 saturated heterocycles. The van der Waals surface area contributed by atoms with E-state index in [0.29, 0.717) is 24.0 Å². The third-order valence-electron chi connectivity index (χ3n) is 5.64. The van der Waals surface area contributed by atoms with Crippen LogP contribution in [0.1, 0.15) is 65.0 Å². The molecule has 0 radical (unpaired) electrons. The highest BCUT2D eigenvalue weighted by Crippen LogP contribution is 2.41. The summed E-state index contributed by atoms with van der Waals surface area (Å²) >= 11 is 6.54. The van der Waals surface area contributed by atoms with Crippen LogP contribution in [-0.2, 0) is 15.9 Å². The van der Waals surface area contributed by atoms with Crippen LogP contribution < -0.4 is 15.5 Å². The van der Waals surface area contributed by atoms with E-state index in [1.54, 1.807) is 40.1 Å². The van der Waals surface area contributed by atoms with Crippen molar-refractivity contribution in [2.24, 2.45) is 0 Å². The summed E-state index contributed by atoms with van der Waals surface area (Å²) in [4.78, 5) is 25.2. The molecule has 1 aliphatic rings. The molecular weight excluding hydrogens is 456 g/mol. The number of benzene rings is 1. The first-order valence-corrected chi connectivity index (χ1v) is 12.2. The number of hydrogen-bond donors (Lipinski definition) is 1. The molecule has 2 heterocycles. The molecule has 0 fully saturated rings. The summed E-state index contributed by atoms with van der Waals surface area (Å²) in [7, 11) is 1.66. The van der Waals surface area contributed by atoms with E-state index in [-0.39, 0.29) is 17.2 Å². The lowest BCUT2D eigenvalue weighted by molar-refractivity contribution is 0.0635. The van der Waals surface area contributed by atoms with Crippen LogP contribution in [0.4, 0.5) is 10.5 Å². The lowest BCUT2D eigenvalue weighted by atomic mass is 9.90. The average molecular weight is 491 g/mol. The van der Waals surface area contributed by atoms with Crippen LogP contribution >= 0.6 is 11.6 Å². The second-order valence-electron chi connectivity index (χ2n) is 9.61. The number of nitrogens with one attached hydrogen (secondary N) is 1. The van der Waals surface area contributed by atoms with E-state index in [0.717, 1.165) is 48.9 Å². The van der Waals surface area contributed by atoms with Gasteiger partial charge >= 0.3 is 6.09 Å². The van der Waals surface area contributed by atoms with E-state index < -0.39 is 11.7 Å². The van der Waals surface area contributed by atoms with E-state index in [4.69, 9.17) is 25.8 Å². The van der Waals surface area contributed by atoms with Gasteiger partial charge in [0.05, 0.1) is 17.3 Å². The van der Waals surface area contributed by atoms with E-state index >= 15 is 0 Å². The highest BCUT2D eigenvalue weighted by Gasteiger charge is 2.27. The number of nitrogens with zero attached hydrogens (tertiary/aromatic N) is 1. The molecule has 0 spiro atoms. The molecule has 0 saturated carbocycles. The molecular formula is C26H35ClN2O5. The summed E-state index contributed by atoms with van der Waals surface area (Å²) in [5.74, 6) is 0.643. The number of rotatable bonds is 9. The minimum Gasteiger partial charge on any atom is -0.492 e. The predicted octanol–water partition coefficient (Wildman–Crippen LogP) is 6.22. The second-order valence-corrected chi connectivity index (χ2v) is 10.0. The number of amides is 1. The Balaban J connectivity index is 1.97. The number of anilines is 1. The summed E-state index contributed by atoms with van der Waals surface area (Å²) < 4.78 is 18.4. The quantitative estimate of drug-likeness (QED) is 0.422. The van der Waals surface area contributed by atoms with Gasteiger partial charge in [0.2, 0.25) is 5.43 Å². The Hall–Kier alpha value is -2.51. The number of aromatic nitrogens is 1. The third-order valence-corrected chi connectivity index (χ3v) is 5.93. The van der Waals surface area contributed by atoms with Crippen molar-refractivity contribution in [2.45, 2.75) is 71.4 Å². The Labute approximate surface area is 206 Å². The molecule has 34 heavy (non-hydrogen) atoms. The SMILES string of the molecule is CCCCC1Cc2cc(OCCCOC)c(Cl)cc2-c2cc(=O)c(NC(=O)OC(C)(C)C)cn21. The number of ether oxygens (including phenoxy) is 3.